The summed E-state index contributed by atoms with van der Waals surface area (Å²) in [6, 6.07) is 4.70. The highest BCUT2D eigenvalue weighted by atomic mass is 35.5. The molecule has 0 radical (unpaired) electrons. The number of nitrogens with one attached hydrogen (secondary N) is 1. The molecule has 0 unspecified atom stereocenters. The molecule has 0 heterocycles. The zero-order valence-electron chi connectivity index (χ0n) is 15.0. The highest BCUT2D eigenvalue weighted by Crippen LogP contribution is 2.27. The van der Waals surface area contributed by atoms with Crippen molar-refractivity contribution in [2.24, 2.45) is 0 Å². The van der Waals surface area contributed by atoms with Crippen LogP contribution in [0.5, 0.6) is 0 Å². The monoisotopic (exact) mass is 383 g/mol. The molecule has 26 heavy (non-hydrogen) atoms. The Kier molecular flexibility index (Phi) is 9.22. The Morgan fingerprint density at radius 2 is 1.65 bits per heavy atom. The van der Waals surface area contributed by atoms with E-state index in [1.54, 1.807) is 26.0 Å². The Bertz CT molecular complexity index is 666. The summed E-state index contributed by atoms with van der Waals surface area (Å²) in [5.74, 6) is -2.21. The maximum absolute atomic E-state index is 12.0. The number of anilines is 1. The van der Waals surface area contributed by atoms with Crippen molar-refractivity contribution >= 4 is 35.2 Å². The molecule has 0 aliphatic rings. The first-order chi connectivity index (χ1) is 12.5. The molecule has 0 bridgehead atoms. The average molecular weight is 384 g/mol. The van der Waals surface area contributed by atoms with Crippen LogP contribution < -0.4 is 5.32 Å². The largest absolute Gasteiger partial charge is 0.462 e. The van der Waals surface area contributed by atoms with Gasteiger partial charge in [-0.25, -0.2) is 14.4 Å². The second-order valence-electron chi connectivity index (χ2n) is 4.95. The van der Waals surface area contributed by atoms with Crippen LogP contribution in [0.1, 0.15) is 37.6 Å². The second kappa shape index (κ2) is 11.1. The molecule has 7 nitrogen and oxygen atoms in total. The maximum atomic E-state index is 12.0. The van der Waals surface area contributed by atoms with Gasteiger partial charge in [0, 0.05) is 6.20 Å². The van der Waals surface area contributed by atoms with Crippen LogP contribution in [0.15, 0.2) is 30.0 Å². The van der Waals surface area contributed by atoms with E-state index in [0.29, 0.717) is 12.1 Å². The van der Waals surface area contributed by atoms with Crippen molar-refractivity contribution < 1.29 is 28.6 Å². The van der Waals surface area contributed by atoms with Crippen molar-refractivity contribution in [3.05, 3.63) is 40.6 Å². The summed E-state index contributed by atoms with van der Waals surface area (Å²) < 4.78 is 14.7. The minimum absolute atomic E-state index is 0.106. The zero-order valence-corrected chi connectivity index (χ0v) is 15.7. The van der Waals surface area contributed by atoms with Gasteiger partial charge in [-0.2, -0.15) is 0 Å². The highest BCUT2D eigenvalue weighted by molar-refractivity contribution is 6.36. The molecule has 142 valence electrons. The Morgan fingerprint density at radius 3 is 2.19 bits per heavy atom. The Labute approximate surface area is 157 Å². The third-order valence-corrected chi connectivity index (χ3v) is 3.43. The number of halogens is 1. The van der Waals surface area contributed by atoms with E-state index >= 15 is 0 Å². The fourth-order valence-corrected chi connectivity index (χ4v) is 2.10. The van der Waals surface area contributed by atoms with E-state index in [2.05, 4.69) is 5.32 Å². The number of hydrogen-bond acceptors (Lipinski definition) is 7. The van der Waals surface area contributed by atoms with Crippen LogP contribution in [-0.2, 0) is 23.8 Å². The topological polar surface area (TPSA) is 90.9 Å². The summed E-state index contributed by atoms with van der Waals surface area (Å²) in [7, 11) is 0. The molecule has 0 atom stereocenters. The molecule has 0 aliphatic carbocycles. The molecule has 1 aromatic rings. The summed E-state index contributed by atoms with van der Waals surface area (Å²) in [6.07, 6.45) is 1.82. The van der Waals surface area contributed by atoms with Crippen LogP contribution >= 0.6 is 11.6 Å². The number of benzene rings is 1. The van der Waals surface area contributed by atoms with Crippen LogP contribution in [0.3, 0.4) is 0 Å². The minimum atomic E-state index is -0.826. The molecule has 0 saturated carbocycles. The van der Waals surface area contributed by atoms with E-state index in [1.807, 2.05) is 6.92 Å². The van der Waals surface area contributed by atoms with Gasteiger partial charge in [0.05, 0.1) is 36.1 Å². The lowest BCUT2D eigenvalue weighted by Gasteiger charge is -2.11. The quantitative estimate of drug-likeness (QED) is 0.230. The van der Waals surface area contributed by atoms with Crippen molar-refractivity contribution in [3.8, 4) is 0 Å². The van der Waals surface area contributed by atoms with Crippen molar-refractivity contribution in [2.45, 2.75) is 27.2 Å². The van der Waals surface area contributed by atoms with Gasteiger partial charge < -0.3 is 19.5 Å². The van der Waals surface area contributed by atoms with Gasteiger partial charge in [-0.3, -0.25) is 0 Å². The average Bonchev–Trinajstić information content (AvgIpc) is 2.61. The van der Waals surface area contributed by atoms with Gasteiger partial charge in [0.2, 0.25) is 0 Å². The number of carbonyl (C=O) groups excluding carboxylic acids is 3. The number of esters is 3. The predicted molar refractivity (Wildman–Crippen MR) is 97.0 cm³/mol. The maximum Gasteiger partial charge on any atom is 0.347 e. The highest BCUT2D eigenvalue weighted by Gasteiger charge is 2.21. The number of ether oxygens (including phenoxy) is 3. The lowest BCUT2D eigenvalue weighted by Crippen LogP contribution is -2.19. The van der Waals surface area contributed by atoms with E-state index in [9.17, 15) is 14.4 Å². The van der Waals surface area contributed by atoms with Gasteiger partial charge in [-0.15, -0.1) is 0 Å². The molecule has 1 N–H and O–H groups in total. The van der Waals surface area contributed by atoms with E-state index in [-0.39, 0.29) is 36.0 Å². The zero-order chi connectivity index (χ0) is 19.5. The molecule has 0 aliphatic heterocycles. The summed E-state index contributed by atoms with van der Waals surface area (Å²) in [4.78, 5) is 35.8. The van der Waals surface area contributed by atoms with Gasteiger partial charge in [0.1, 0.15) is 0 Å². The van der Waals surface area contributed by atoms with Crippen molar-refractivity contribution in [1.82, 2.24) is 0 Å². The fourth-order valence-electron chi connectivity index (χ4n) is 1.84. The molecule has 1 aromatic carbocycles. The van der Waals surface area contributed by atoms with Crippen molar-refractivity contribution in [3.63, 3.8) is 0 Å². The minimum Gasteiger partial charge on any atom is -0.462 e. The SMILES string of the molecule is CCCOC(=O)c1cccc(NC=C(C(=O)OCC)C(=O)OCC)c1Cl. The van der Waals surface area contributed by atoms with Crippen LogP contribution in [0, 0.1) is 0 Å². The number of carbonyl (C=O) groups is 3. The molecule has 0 aromatic heterocycles. The van der Waals surface area contributed by atoms with Gasteiger partial charge in [0.25, 0.3) is 0 Å². The van der Waals surface area contributed by atoms with Crippen molar-refractivity contribution in [1.29, 1.82) is 0 Å². The third-order valence-electron chi connectivity index (χ3n) is 3.02. The molecule has 0 fully saturated rings. The van der Waals surface area contributed by atoms with E-state index in [1.165, 1.54) is 6.07 Å². The smallest absolute Gasteiger partial charge is 0.347 e. The number of hydrogen-bond donors (Lipinski definition) is 1. The van der Waals surface area contributed by atoms with Gasteiger partial charge in [0.15, 0.2) is 5.57 Å². The molecular weight excluding hydrogens is 362 g/mol. The van der Waals surface area contributed by atoms with Gasteiger partial charge in [-0.05, 0) is 32.4 Å². The normalized spacial score (nSPS) is 9.85. The van der Waals surface area contributed by atoms with E-state index in [4.69, 9.17) is 25.8 Å². The standard InChI is InChI=1S/C18H22ClNO6/c1-4-10-26-16(21)12-8-7-9-14(15(12)19)20-11-13(17(22)24-5-2)18(23)25-6-3/h7-9,11,20H,4-6,10H2,1-3H3. The number of rotatable bonds is 9. The molecule has 0 saturated heterocycles. The summed E-state index contributed by atoms with van der Waals surface area (Å²) >= 11 is 6.22. The van der Waals surface area contributed by atoms with Gasteiger partial charge in [-0.1, -0.05) is 24.6 Å². The van der Waals surface area contributed by atoms with Crippen LogP contribution in [-0.4, -0.2) is 37.7 Å². The Hall–Kier alpha value is -2.54. The predicted octanol–water partition coefficient (Wildman–Crippen LogP) is 3.33. The lowest BCUT2D eigenvalue weighted by molar-refractivity contribution is -0.146. The van der Waals surface area contributed by atoms with Crippen LogP contribution in [0.2, 0.25) is 5.02 Å². The first-order valence-electron chi connectivity index (χ1n) is 8.22. The van der Waals surface area contributed by atoms with E-state index < -0.39 is 17.9 Å². The Balaban J connectivity index is 3.07. The molecule has 8 heteroatoms. The lowest BCUT2D eigenvalue weighted by atomic mass is 10.2. The van der Waals surface area contributed by atoms with E-state index in [0.717, 1.165) is 6.20 Å². The molecule has 1 rings (SSSR count). The summed E-state index contributed by atoms with van der Waals surface area (Å²) in [5.41, 5.74) is 0.180. The fraction of sp³-hybridized carbons (Fsp3) is 0.389. The molecule has 0 amide bonds. The third kappa shape index (κ3) is 6.07. The van der Waals surface area contributed by atoms with Crippen LogP contribution in [0.25, 0.3) is 0 Å². The van der Waals surface area contributed by atoms with Crippen LogP contribution in [0.4, 0.5) is 5.69 Å². The summed E-state index contributed by atoms with van der Waals surface area (Å²) in [5, 5.41) is 2.85. The first kappa shape index (κ1) is 21.5. The van der Waals surface area contributed by atoms with Gasteiger partial charge >= 0.3 is 17.9 Å². The Morgan fingerprint density at radius 1 is 1.04 bits per heavy atom. The summed E-state index contributed by atoms with van der Waals surface area (Å²) in [6.45, 7) is 5.61. The second-order valence-corrected chi connectivity index (χ2v) is 5.32. The van der Waals surface area contributed by atoms with Crippen molar-refractivity contribution in [2.75, 3.05) is 25.1 Å². The first-order valence-corrected chi connectivity index (χ1v) is 8.60. The molecular formula is C18H22ClNO6. The molecule has 0 spiro atoms.